The van der Waals surface area contributed by atoms with Crippen molar-refractivity contribution < 1.29 is 4.79 Å². The van der Waals surface area contributed by atoms with Gasteiger partial charge in [0, 0.05) is 5.41 Å². The monoisotopic (exact) mass is 273 g/mol. The van der Waals surface area contributed by atoms with E-state index in [0.29, 0.717) is 5.69 Å². The second-order valence-corrected chi connectivity index (χ2v) is 5.27. The van der Waals surface area contributed by atoms with E-state index in [0.717, 1.165) is 25.7 Å². The van der Waals surface area contributed by atoms with Crippen molar-refractivity contribution >= 4 is 34.8 Å². The van der Waals surface area contributed by atoms with Crippen LogP contribution in [-0.4, -0.2) is 15.9 Å². The van der Waals surface area contributed by atoms with Gasteiger partial charge in [-0.25, -0.2) is 9.97 Å². The van der Waals surface area contributed by atoms with Gasteiger partial charge in [0.2, 0.25) is 5.91 Å². The molecule has 17 heavy (non-hydrogen) atoms. The minimum absolute atomic E-state index is 0.0615. The van der Waals surface area contributed by atoms with Crippen LogP contribution in [0.1, 0.15) is 32.6 Å². The van der Waals surface area contributed by atoms with E-state index in [1.165, 1.54) is 6.33 Å². The zero-order valence-electron chi connectivity index (χ0n) is 9.46. The number of hydrogen-bond acceptors (Lipinski definition) is 3. The van der Waals surface area contributed by atoms with Crippen LogP contribution in [0.2, 0.25) is 10.3 Å². The van der Waals surface area contributed by atoms with Gasteiger partial charge in [-0.1, -0.05) is 43.0 Å². The summed E-state index contributed by atoms with van der Waals surface area (Å²) in [6.07, 6.45) is 5.20. The fourth-order valence-corrected chi connectivity index (χ4v) is 2.50. The normalized spacial score (nSPS) is 18.1. The Labute approximate surface area is 110 Å². The molecule has 92 valence electrons. The molecule has 1 aromatic heterocycles. The average molecular weight is 274 g/mol. The van der Waals surface area contributed by atoms with Crippen molar-refractivity contribution in [3.63, 3.8) is 0 Å². The van der Waals surface area contributed by atoms with Crippen LogP contribution < -0.4 is 5.32 Å². The minimum atomic E-state index is -0.331. The molecule has 6 heteroatoms. The Morgan fingerprint density at radius 3 is 2.35 bits per heavy atom. The predicted octanol–water partition coefficient (Wildman–Crippen LogP) is 3.30. The Bertz CT molecular complexity index is 424. The molecule has 1 aromatic rings. The van der Waals surface area contributed by atoms with Gasteiger partial charge in [-0.05, 0) is 12.8 Å². The van der Waals surface area contributed by atoms with Crippen LogP contribution in [-0.2, 0) is 4.79 Å². The first-order valence-corrected chi connectivity index (χ1v) is 6.26. The first kappa shape index (κ1) is 12.6. The maximum Gasteiger partial charge on any atom is 0.230 e. The van der Waals surface area contributed by atoms with Gasteiger partial charge < -0.3 is 5.32 Å². The lowest BCUT2D eigenvalue weighted by atomic mass is 9.88. The van der Waals surface area contributed by atoms with Gasteiger partial charge in [-0.15, -0.1) is 0 Å². The van der Waals surface area contributed by atoms with Crippen molar-refractivity contribution in [2.45, 2.75) is 32.6 Å². The maximum absolute atomic E-state index is 12.2. The van der Waals surface area contributed by atoms with Gasteiger partial charge in [0.05, 0.1) is 0 Å². The molecule has 1 N–H and O–H groups in total. The number of amides is 1. The van der Waals surface area contributed by atoms with Crippen molar-refractivity contribution in [1.29, 1.82) is 0 Å². The smallest absolute Gasteiger partial charge is 0.230 e. The Hall–Kier alpha value is -0.870. The molecule has 4 nitrogen and oxygen atoms in total. The minimum Gasteiger partial charge on any atom is -0.320 e. The lowest BCUT2D eigenvalue weighted by Gasteiger charge is -2.22. The molecule has 0 spiro atoms. The van der Waals surface area contributed by atoms with E-state index in [9.17, 15) is 4.79 Å². The summed E-state index contributed by atoms with van der Waals surface area (Å²) in [4.78, 5) is 19.8. The summed E-state index contributed by atoms with van der Waals surface area (Å²) in [7, 11) is 0. The van der Waals surface area contributed by atoms with Crippen LogP contribution in [0.4, 0.5) is 5.69 Å². The summed E-state index contributed by atoms with van der Waals surface area (Å²) in [5, 5.41) is 3.07. The van der Waals surface area contributed by atoms with E-state index >= 15 is 0 Å². The van der Waals surface area contributed by atoms with E-state index in [2.05, 4.69) is 15.3 Å². The van der Waals surface area contributed by atoms with Crippen LogP contribution in [0.5, 0.6) is 0 Å². The lowest BCUT2D eigenvalue weighted by molar-refractivity contribution is -0.124. The van der Waals surface area contributed by atoms with Crippen LogP contribution >= 0.6 is 23.2 Å². The Balaban J connectivity index is 2.18. The van der Waals surface area contributed by atoms with Gasteiger partial charge >= 0.3 is 0 Å². The Kier molecular flexibility index (Phi) is 3.54. The second kappa shape index (κ2) is 4.78. The molecule has 1 amide bonds. The predicted molar refractivity (Wildman–Crippen MR) is 67.3 cm³/mol. The summed E-state index contributed by atoms with van der Waals surface area (Å²) >= 11 is 11.8. The van der Waals surface area contributed by atoms with Crippen molar-refractivity contribution in [1.82, 2.24) is 9.97 Å². The third-order valence-corrected chi connectivity index (χ3v) is 3.82. The number of hydrogen-bond donors (Lipinski definition) is 1. The van der Waals surface area contributed by atoms with Crippen LogP contribution in [0.3, 0.4) is 0 Å². The van der Waals surface area contributed by atoms with E-state index in [4.69, 9.17) is 23.2 Å². The number of nitrogens with one attached hydrogen (secondary N) is 1. The molecule has 0 bridgehead atoms. The van der Waals surface area contributed by atoms with Crippen molar-refractivity contribution in [3.8, 4) is 0 Å². The zero-order chi connectivity index (χ0) is 12.5. The molecule has 1 aliphatic carbocycles. The van der Waals surface area contributed by atoms with E-state index in [1.54, 1.807) is 0 Å². The number of carbonyl (C=O) groups is 1. The van der Waals surface area contributed by atoms with Gasteiger partial charge in [-0.3, -0.25) is 4.79 Å². The summed E-state index contributed by atoms with van der Waals surface area (Å²) in [5.41, 5.74) is -0.0309. The molecule has 1 saturated carbocycles. The van der Waals surface area contributed by atoms with Crippen LogP contribution in [0.25, 0.3) is 0 Å². The average Bonchev–Trinajstić information content (AvgIpc) is 2.72. The molecule has 1 aliphatic rings. The lowest BCUT2D eigenvalue weighted by Crippen LogP contribution is -2.31. The summed E-state index contributed by atoms with van der Waals surface area (Å²) in [6.45, 7) is 1.96. The van der Waals surface area contributed by atoms with Crippen molar-refractivity contribution in [2.75, 3.05) is 5.32 Å². The van der Waals surface area contributed by atoms with Gasteiger partial charge in [0.1, 0.15) is 12.0 Å². The zero-order valence-corrected chi connectivity index (χ0v) is 11.0. The quantitative estimate of drug-likeness (QED) is 0.842. The molecule has 0 saturated heterocycles. The van der Waals surface area contributed by atoms with Crippen molar-refractivity contribution in [3.05, 3.63) is 16.6 Å². The number of aromatic nitrogens is 2. The highest BCUT2D eigenvalue weighted by Gasteiger charge is 2.36. The summed E-state index contributed by atoms with van der Waals surface area (Å²) in [5.74, 6) is -0.0615. The van der Waals surface area contributed by atoms with Crippen LogP contribution in [0.15, 0.2) is 6.33 Å². The number of carbonyl (C=O) groups excluding carboxylic acids is 1. The third-order valence-electron chi connectivity index (χ3n) is 3.25. The third kappa shape index (κ3) is 2.53. The number of halogens is 2. The molecule has 0 atom stereocenters. The topological polar surface area (TPSA) is 54.9 Å². The molecule has 0 unspecified atom stereocenters. The molecule has 1 fully saturated rings. The van der Waals surface area contributed by atoms with Gasteiger partial charge in [0.15, 0.2) is 10.3 Å². The molecule has 2 rings (SSSR count). The number of rotatable bonds is 2. The molecular weight excluding hydrogens is 261 g/mol. The number of anilines is 1. The summed E-state index contributed by atoms with van der Waals surface area (Å²) in [6, 6.07) is 0. The molecule has 0 aromatic carbocycles. The molecule has 0 aliphatic heterocycles. The first-order chi connectivity index (χ1) is 8.03. The van der Waals surface area contributed by atoms with Gasteiger partial charge in [-0.2, -0.15) is 0 Å². The molecule has 0 radical (unpaired) electrons. The highest BCUT2D eigenvalue weighted by Crippen LogP contribution is 2.39. The largest absolute Gasteiger partial charge is 0.320 e. The fraction of sp³-hybridized carbons (Fsp3) is 0.545. The van der Waals surface area contributed by atoms with Crippen LogP contribution in [0, 0.1) is 5.41 Å². The van der Waals surface area contributed by atoms with E-state index < -0.39 is 0 Å². The fourth-order valence-electron chi connectivity index (χ4n) is 2.09. The van der Waals surface area contributed by atoms with E-state index in [-0.39, 0.29) is 21.6 Å². The molecule has 1 heterocycles. The maximum atomic E-state index is 12.2. The highest BCUT2D eigenvalue weighted by atomic mass is 35.5. The standard InChI is InChI=1S/C11H13Cl2N3O/c1-11(4-2-3-5-11)10(17)16-7-8(12)14-6-15-9(7)13/h6H,2-5H2,1H3,(H,16,17). The van der Waals surface area contributed by atoms with E-state index in [1.807, 2.05) is 6.92 Å². The highest BCUT2D eigenvalue weighted by molar-refractivity contribution is 6.38. The second-order valence-electron chi connectivity index (χ2n) is 4.55. The van der Waals surface area contributed by atoms with Crippen molar-refractivity contribution in [2.24, 2.45) is 5.41 Å². The number of nitrogens with zero attached hydrogens (tertiary/aromatic N) is 2. The Morgan fingerprint density at radius 2 is 1.82 bits per heavy atom. The Morgan fingerprint density at radius 1 is 1.29 bits per heavy atom. The summed E-state index contributed by atoms with van der Waals surface area (Å²) < 4.78 is 0. The SMILES string of the molecule is CC1(C(=O)Nc2c(Cl)ncnc2Cl)CCCC1. The molecular formula is C11H13Cl2N3O. The first-order valence-electron chi connectivity index (χ1n) is 5.50. The van der Waals surface area contributed by atoms with Gasteiger partial charge in [0.25, 0.3) is 0 Å².